The Labute approximate surface area is 929 Å². The van der Waals surface area contributed by atoms with Crippen molar-refractivity contribution in [3.63, 3.8) is 0 Å². The van der Waals surface area contributed by atoms with E-state index in [-0.39, 0.29) is 103 Å². The van der Waals surface area contributed by atoms with Crippen molar-refractivity contribution in [3.8, 4) is 51.3 Å². The van der Waals surface area contributed by atoms with E-state index in [1.165, 1.54) is 13.0 Å². The van der Waals surface area contributed by atoms with Gasteiger partial charge in [0.05, 0.1) is 161 Å². The molecule has 12 rings (SSSR count). The quantitative estimate of drug-likeness (QED) is 0.00804. The summed E-state index contributed by atoms with van der Waals surface area (Å²) in [6, 6.07) is 27.0. The van der Waals surface area contributed by atoms with Crippen LogP contribution in [0.5, 0.6) is 28.7 Å². The number of aromatic nitrogens is 4. The second-order valence-electron chi connectivity index (χ2n) is 38.6. The number of unbranched alkanes of at least 4 members (excludes halogenated alkanes) is 9. The summed E-state index contributed by atoms with van der Waals surface area (Å²) in [6.45, 7) is 46.7. The molecule has 4 fully saturated rings. The Morgan fingerprint density at radius 1 is 0.497 bits per heavy atom. The fraction of sp³-hybridized carbons (Fsp3) is 0.491. The predicted octanol–water partition coefficient (Wildman–Crippen LogP) is 28.4. The van der Waals surface area contributed by atoms with Gasteiger partial charge in [-0.2, -0.15) is 9.59 Å². The summed E-state index contributed by atoms with van der Waals surface area (Å²) in [5, 5.41) is 9.52. The first kappa shape index (κ1) is 128. The number of likely N-dealkylation sites (tertiary alicyclic amines) is 3. The van der Waals surface area contributed by atoms with Gasteiger partial charge in [-0.15, -0.1) is 39.5 Å². The van der Waals surface area contributed by atoms with Crippen molar-refractivity contribution in [1.29, 1.82) is 0 Å². The number of hydrogen-bond donors (Lipinski definition) is 3. The molecule has 7 atom stereocenters. The first-order valence-electron chi connectivity index (χ1n) is 50.5. The zero-order valence-electron chi connectivity index (χ0n) is 87.7. The number of nitrogens with one attached hydrogen (secondary N) is 2. The minimum Gasteiger partial charge on any atom is -0.507 e. The normalized spacial score (nSPS) is 17.2. The van der Waals surface area contributed by atoms with Gasteiger partial charge in [-0.1, -0.05) is 144 Å². The Morgan fingerprint density at radius 2 is 0.960 bits per heavy atom. The van der Waals surface area contributed by atoms with Crippen molar-refractivity contribution < 1.29 is 105 Å². The van der Waals surface area contributed by atoms with E-state index in [0.717, 1.165) is 178 Å². The number of phenolic OH excluding ortho intramolecular Hbond substituents is 1. The van der Waals surface area contributed by atoms with E-state index in [1.54, 1.807) is 75.5 Å². The van der Waals surface area contributed by atoms with Crippen LogP contribution in [0.2, 0.25) is 0 Å². The number of amides is 3. The van der Waals surface area contributed by atoms with E-state index < -0.39 is 16.8 Å². The molecule has 35 heteroatoms. The molecule has 3 amide bonds. The Morgan fingerprint density at radius 3 is 1.48 bits per heavy atom. The second-order valence-corrected chi connectivity index (χ2v) is 43.8. The van der Waals surface area contributed by atoms with Crippen LogP contribution in [0.25, 0.3) is 22.5 Å². The highest BCUT2D eigenvalue weighted by Crippen LogP contribution is 2.41. The number of rotatable bonds is 39. The van der Waals surface area contributed by atoms with E-state index in [4.69, 9.17) is 66.4 Å². The highest BCUT2D eigenvalue weighted by molar-refractivity contribution is 9.11. The number of allylic oxidation sites excluding steroid dienone is 4. The lowest BCUT2D eigenvalue weighted by molar-refractivity contribution is -0.191. The molecule has 4 bridgehead atoms. The number of ether oxygens (including phenoxy) is 12. The number of esters is 1. The molecule has 5 aliphatic rings. The van der Waals surface area contributed by atoms with Crippen LogP contribution >= 0.6 is 95.6 Å². The van der Waals surface area contributed by atoms with E-state index in [9.17, 15) is 38.7 Å². The smallest absolute Gasteiger partial charge is 0.411 e. The topological polar surface area (TPSA) is 352 Å². The summed E-state index contributed by atoms with van der Waals surface area (Å²) < 4.78 is 73.3. The molecule has 1 saturated carbocycles. The molecule has 7 unspecified atom stereocenters. The van der Waals surface area contributed by atoms with Gasteiger partial charge in [-0.05, 0) is 289 Å². The average molecular weight is 2450 g/mol. The molecule has 7 aromatic rings. The number of nitrogens with zero attached hydrogens (tertiary/aromatic N) is 5. The predicted molar refractivity (Wildman–Crippen MR) is 601 cm³/mol. The molecule has 5 aromatic carbocycles. The number of alkyl halides is 1. The molecular formula is C114H149Br6N7O22. The zero-order chi connectivity index (χ0) is 109. The molecule has 0 radical (unpaired) electrons. The van der Waals surface area contributed by atoms with Crippen molar-refractivity contribution >= 4 is 143 Å². The lowest BCUT2D eigenvalue weighted by Gasteiger charge is -2.27. The maximum atomic E-state index is 13.0. The SMILES string of the molecule is C=CCCCCCOc1cc(Br)ccc1-c1cnc(C2CC(OCC=C)CN2C(=O)OC(C)(C)C)[nH]1.C=CCCCCCOc1cc(Br)ccc1C(=O)CBr.C=CCCCCCOc1cc(Br)ccc1C(=O)COC(=O)C1CCC(OCC=C)C1.C=CCOC1CCN(C(=O)OC(C)(C)C)C1.CC(=O)c1ccc(Br)cc1O.CC(C)(C)OC(=O)N1CC2CC1c1ncc([nH]1)-c1ccc(Br)cc1OCCCCCC=CCO2.O=C=O. The van der Waals surface area contributed by atoms with Crippen molar-refractivity contribution in [3.05, 3.63) is 242 Å². The first-order valence-corrected chi connectivity index (χ1v) is 55.6. The molecule has 3 N–H and O–H groups in total. The maximum Gasteiger partial charge on any atom is 0.411 e. The number of imidazole rings is 2. The minimum atomic E-state index is -0.592. The summed E-state index contributed by atoms with van der Waals surface area (Å²) in [5.74, 6) is 3.27. The van der Waals surface area contributed by atoms with E-state index >= 15 is 0 Å². The first-order chi connectivity index (χ1) is 71.2. The van der Waals surface area contributed by atoms with Gasteiger partial charge >= 0.3 is 30.4 Å². The monoisotopic (exact) mass is 2440 g/mol. The average Bonchev–Trinajstić information content (AvgIpc) is 1.64. The third-order valence-electron chi connectivity index (χ3n) is 23.0. The number of H-pyrrole nitrogens is 2. The highest BCUT2D eigenvalue weighted by atomic mass is 79.9. The number of carbonyl (C=O) groups excluding carboxylic acids is 9. The third kappa shape index (κ3) is 48.3. The van der Waals surface area contributed by atoms with Crippen molar-refractivity contribution in [1.82, 2.24) is 34.6 Å². The van der Waals surface area contributed by atoms with Crippen molar-refractivity contribution in [2.45, 2.75) is 264 Å². The number of aromatic hydroxyl groups is 1. The summed E-state index contributed by atoms with van der Waals surface area (Å²) >= 11 is 20.3. The maximum absolute atomic E-state index is 13.0. The molecule has 0 spiro atoms. The Hall–Kier alpha value is -9.91. The van der Waals surface area contributed by atoms with Crippen LogP contribution in [0, 0.1) is 5.92 Å². The van der Waals surface area contributed by atoms with Crippen LogP contribution in [0.4, 0.5) is 14.4 Å². The molecule has 6 heterocycles. The van der Waals surface area contributed by atoms with Crippen LogP contribution in [0.15, 0.2) is 214 Å². The number of phenols is 1. The fourth-order valence-electron chi connectivity index (χ4n) is 15.9. The van der Waals surface area contributed by atoms with Gasteiger partial charge in [0.25, 0.3) is 0 Å². The summed E-state index contributed by atoms with van der Waals surface area (Å²) in [6.07, 6.45) is 39.1. The third-order valence-corrected chi connectivity index (χ3v) is 26.0. The van der Waals surface area contributed by atoms with E-state index in [2.05, 4.69) is 167 Å². The lowest BCUT2D eigenvalue weighted by atomic mass is 10.1. The number of hydrogen-bond acceptors (Lipinski definition) is 24. The Kier molecular flexibility index (Phi) is 59.1. The standard InChI is InChI=1S/C28H38BrN3O4.C26H34BrN3O4.C24H31BrO5.C15H18Br2O2.C12H21NO3.C8H7BrO2.CO2/c1-6-8-9-10-11-15-35-25-16-20(29)12-13-22(25)23-18-30-26(31-23)24-17-21(34-14-7-2)19-32(24)27(33)36-28(3,4)5;1-26(2,3)34-25(31)30-17-19-15-22(30)24-28-16-21(29-24)20-11-10-18(27)14-23(20)33-13-9-7-5-4-6-8-12-32-19;1-3-5-6-7-8-14-29-23-16-19(25)10-12-21(23)22(26)17-30-24(27)18-9-11-20(15-18)28-13-4-2;1-2-3-4-5-6-9-19-15-10-12(17)7-8-13(15)14(18)11-16;1-5-8-15-10-6-7-13(9-10)11(14)16-12(2,3)4;1-5(10)7-3-2-6(9)4-8(7)11;2-1-3/h6-7,12-13,16,18,21,24H,1-2,8-11,14-15,17,19H2,3-5H3,(H,30,31);6,8,10-11,14,16,19,22H,4-5,7,9,12-13,15,17H2,1-3H3,(H,28,29);3-4,10,12,16,18,20H,1-2,5-9,11,13-15,17H2;2,7-8,10H,1,3-6,9,11H2;5,10H,1,6-9H2,2-4H3;2-4,11H,1H3;. The number of halogens is 6. The Balaban J connectivity index is 0.000000281. The van der Waals surface area contributed by atoms with Crippen molar-refractivity contribution in [2.75, 3.05) is 91.0 Å². The van der Waals surface area contributed by atoms with Crippen LogP contribution in [-0.2, 0) is 52.3 Å². The summed E-state index contributed by atoms with van der Waals surface area (Å²) in [5.41, 5.74) is 3.37. The minimum absolute atomic E-state index is 0.0203. The number of ketones is 3. The highest BCUT2D eigenvalue weighted by Gasteiger charge is 2.43. The van der Waals surface area contributed by atoms with Crippen LogP contribution < -0.4 is 18.9 Å². The number of aromatic amines is 2. The van der Waals surface area contributed by atoms with Gasteiger partial charge in [0.15, 0.2) is 18.2 Å². The second kappa shape index (κ2) is 68.9. The molecule has 814 valence electrons. The fourth-order valence-corrected chi connectivity index (χ4v) is 17.9. The van der Waals surface area contributed by atoms with Crippen molar-refractivity contribution in [2.24, 2.45) is 5.92 Å². The van der Waals surface area contributed by atoms with E-state index in [1.807, 2.05) is 135 Å². The number of benzene rings is 5. The van der Waals surface area contributed by atoms with Gasteiger partial charge in [0.2, 0.25) is 5.78 Å². The van der Waals surface area contributed by atoms with Gasteiger partial charge in [-0.25, -0.2) is 24.4 Å². The van der Waals surface area contributed by atoms with Gasteiger partial charge < -0.3 is 76.8 Å². The molecule has 3 saturated heterocycles. The van der Waals surface area contributed by atoms with Gasteiger partial charge in [-0.3, -0.25) is 29.0 Å². The summed E-state index contributed by atoms with van der Waals surface area (Å²) in [4.78, 5) is 123. The van der Waals surface area contributed by atoms with Crippen LogP contribution in [0.1, 0.15) is 265 Å². The zero-order valence-corrected chi connectivity index (χ0v) is 97.2. The number of Topliss-reactive ketones (excluding diaryl/α,β-unsaturated/α-hetero) is 3. The number of carbonyl (C=O) groups is 7. The molecule has 2 aromatic heterocycles. The van der Waals surface area contributed by atoms with Crippen LogP contribution in [0.3, 0.4) is 0 Å². The molecule has 29 nitrogen and oxygen atoms in total. The lowest BCUT2D eigenvalue weighted by Crippen LogP contribution is -2.37. The summed E-state index contributed by atoms with van der Waals surface area (Å²) in [7, 11) is 0. The van der Waals surface area contributed by atoms with Gasteiger partial charge in [0, 0.05) is 52.9 Å². The number of fused-ring (bicyclic) bond motifs is 7. The largest absolute Gasteiger partial charge is 0.507 e. The Bertz CT molecular complexity index is 5470. The molecule has 149 heavy (non-hydrogen) atoms. The molecule has 1 aliphatic carbocycles. The van der Waals surface area contributed by atoms with Gasteiger partial charge in [0.1, 0.15) is 57.2 Å². The molecule has 4 aliphatic heterocycles. The van der Waals surface area contributed by atoms with Crippen LogP contribution in [-0.4, -0.2) is 220 Å². The van der Waals surface area contributed by atoms with E-state index in [0.29, 0.717) is 144 Å². The molecular weight excluding hydrogens is 2300 g/mol.